The van der Waals surface area contributed by atoms with Crippen molar-refractivity contribution < 1.29 is 13.2 Å². The van der Waals surface area contributed by atoms with Gasteiger partial charge in [-0.05, 0) is 49.6 Å². The molecule has 3 aromatic rings. The summed E-state index contributed by atoms with van der Waals surface area (Å²) in [5.41, 5.74) is 1.91. The number of benzene rings is 2. The van der Waals surface area contributed by atoms with Gasteiger partial charge in [0.25, 0.3) is 0 Å². The summed E-state index contributed by atoms with van der Waals surface area (Å²) >= 11 is 0. The van der Waals surface area contributed by atoms with Crippen molar-refractivity contribution in [2.75, 3.05) is 23.3 Å². The fraction of sp³-hybridized carbons (Fsp3) is 0.300. The molecule has 4 nitrogen and oxygen atoms in total. The van der Waals surface area contributed by atoms with Crippen LogP contribution in [0.5, 0.6) is 0 Å². The van der Waals surface area contributed by atoms with Gasteiger partial charge in [-0.2, -0.15) is 13.2 Å². The Labute approximate surface area is 155 Å². The molecule has 4 rings (SSSR count). The van der Waals surface area contributed by atoms with Gasteiger partial charge in [0.1, 0.15) is 5.82 Å². The molecule has 2 heterocycles. The summed E-state index contributed by atoms with van der Waals surface area (Å²) in [4.78, 5) is 10.9. The van der Waals surface area contributed by atoms with Crippen molar-refractivity contribution in [1.82, 2.24) is 9.97 Å². The molecule has 1 aromatic heterocycles. The second-order valence-corrected chi connectivity index (χ2v) is 6.65. The maximum atomic E-state index is 13.2. The Kier molecular flexibility index (Phi) is 4.59. The number of piperidine rings is 1. The van der Waals surface area contributed by atoms with E-state index >= 15 is 0 Å². The predicted octanol–water partition coefficient (Wildman–Crippen LogP) is 5.38. The summed E-state index contributed by atoms with van der Waals surface area (Å²) in [5, 5.41) is 3.06. The summed E-state index contributed by atoms with van der Waals surface area (Å²) in [7, 11) is 0. The van der Waals surface area contributed by atoms with Crippen molar-refractivity contribution in [2.24, 2.45) is 0 Å². The Balaban J connectivity index is 1.73. The average Bonchev–Trinajstić information content (AvgIpc) is 2.68. The number of alkyl halides is 3. The van der Waals surface area contributed by atoms with Crippen LogP contribution in [0.25, 0.3) is 11.0 Å². The highest BCUT2D eigenvalue weighted by molar-refractivity contribution is 5.79. The molecule has 140 valence electrons. The molecule has 0 atom stereocenters. The highest BCUT2D eigenvalue weighted by Gasteiger charge is 2.31. The van der Waals surface area contributed by atoms with Crippen LogP contribution in [-0.4, -0.2) is 23.1 Å². The Bertz CT molecular complexity index is 949. The smallest absolute Gasteiger partial charge is 0.370 e. The van der Waals surface area contributed by atoms with Gasteiger partial charge < -0.3 is 10.2 Å². The molecule has 1 saturated heterocycles. The zero-order valence-corrected chi connectivity index (χ0v) is 14.6. The number of rotatable bonds is 3. The van der Waals surface area contributed by atoms with Crippen LogP contribution in [0, 0.1) is 0 Å². The van der Waals surface area contributed by atoms with Crippen LogP contribution in [0.3, 0.4) is 0 Å². The third-order valence-corrected chi connectivity index (χ3v) is 4.73. The van der Waals surface area contributed by atoms with E-state index < -0.39 is 11.7 Å². The van der Waals surface area contributed by atoms with E-state index in [1.807, 2.05) is 24.3 Å². The molecule has 7 heteroatoms. The molecule has 0 bridgehead atoms. The number of nitrogens with one attached hydrogen (secondary N) is 1. The number of aromatic nitrogens is 2. The molecule has 0 radical (unpaired) electrons. The Morgan fingerprint density at radius 1 is 0.926 bits per heavy atom. The first-order chi connectivity index (χ1) is 13.0. The van der Waals surface area contributed by atoms with E-state index in [-0.39, 0.29) is 0 Å². The summed E-state index contributed by atoms with van der Waals surface area (Å²) in [6, 6.07) is 11.2. The molecule has 0 saturated carbocycles. The summed E-state index contributed by atoms with van der Waals surface area (Å²) < 4.78 is 39.7. The van der Waals surface area contributed by atoms with Crippen LogP contribution in [0.2, 0.25) is 0 Å². The minimum Gasteiger partial charge on any atom is -0.370 e. The lowest BCUT2D eigenvalue weighted by Gasteiger charge is -2.31. The second-order valence-electron chi connectivity index (χ2n) is 6.65. The normalized spacial score (nSPS) is 15.1. The van der Waals surface area contributed by atoms with Crippen molar-refractivity contribution in [3.63, 3.8) is 0 Å². The minimum atomic E-state index is -4.40. The molecule has 0 unspecified atom stereocenters. The van der Waals surface area contributed by atoms with Gasteiger partial charge in [-0.3, -0.25) is 4.98 Å². The molecule has 1 fully saturated rings. The molecule has 1 aliphatic rings. The van der Waals surface area contributed by atoms with Gasteiger partial charge in [-0.1, -0.05) is 12.1 Å². The van der Waals surface area contributed by atoms with Crippen molar-refractivity contribution in [3.8, 4) is 0 Å². The third kappa shape index (κ3) is 3.82. The molecule has 2 aromatic carbocycles. The first kappa shape index (κ1) is 17.6. The second kappa shape index (κ2) is 7.06. The number of para-hydroxylation sites is 2. The van der Waals surface area contributed by atoms with Gasteiger partial charge >= 0.3 is 6.18 Å². The van der Waals surface area contributed by atoms with Gasteiger partial charge in [0.15, 0.2) is 0 Å². The number of halogens is 3. The molecule has 0 amide bonds. The van der Waals surface area contributed by atoms with E-state index in [2.05, 4.69) is 20.2 Å². The summed E-state index contributed by atoms with van der Waals surface area (Å²) in [6.45, 7) is 1.67. The standard InChI is InChI=1S/C20H19F3N4/c21-20(22,23)14-8-9-18(27-10-4-1-5-11-27)17(12-14)26-19-13-24-15-6-2-3-7-16(15)25-19/h2-3,6-9,12-13H,1,4-5,10-11H2,(H,25,26). The van der Waals surface area contributed by atoms with Gasteiger partial charge in [0.05, 0.1) is 34.2 Å². The van der Waals surface area contributed by atoms with Gasteiger partial charge in [0, 0.05) is 13.1 Å². The van der Waals surface area contributed by atoms with E-state index in [0.717, 1.165) is 55.7 Å². The highest BCUT2D eigenvalue weighted by atomic mass is 19.4. The highest BCUT2D eigenvalue weighted by Crippen LogP contribution is 2.37. The Morgan fingerprint density at radius 2 is 1.67 bits per heavy atom. The largest absolute Gasteiger partial charge is 0.416 e. The lowest BCUT2D eigenvalue weighted by atomic mass is 10.1. The maximum Gasteiger partial charge on any atom is 0.416 e. The lowest BCUT2D eigenvalue weighted by molar-refractivity contribution is -0.137. The van der Waals surface area contributed by atoms with Crippen LogP contribution in [0.15, 0.2) is 48.7 Å². The van der Waals surface area contributed by atoms with E-state index in [0.29, 0.717) is 17.0 Å². The van der Waals surface area contributed by atoms with Crippen LogP contribution >= 0.6 is 0 Å². The molecular weight excluding hydrogens is 353 g/mol. The zero-order valence-electron chi connectivity index (χ0n) is 14.6. The molecule has 27 heavy (non-hydrogen) atoms. The monoisotopic (exact) mass is 372 g/mol. The Hall–Kier alpha value is -2.83. The average molecular weight is 372 g/mol. The van der Waals surface area contributed by atoms with Crippen molar-refractivity contribution in [3.05, 3.63) is 54.2 Å². The van der Waals surface area contributed by atoms with Crippen LogP contribution in [0.4, 0.5) is 30.4 Å². The van der Waals surface area contributed by atoms with Crippen LogP contribution in [-0.2, 0) is 6.18 Å². The zero-order chi connectivity index (χ0) is 18.9. The topological polar surface area (TPSA) is 41.0 Å². The number of anilines is 3. The maximum absolute atomic E-state index is 13.2. The fourth-order valence-corrected chi connectivity index (χ4v) is 3.38. The quantitative estimate of drug-likeness (QED) is 0.670. The van der Waals surface area contributed by atoms with Crippen molar-refractivity contribution in [1.29, 1.82) is 0 Å². The van der Waals surface area contributed by atoms with E-state index in [1.54, 1.807) is 12.3 Å². The summed E-state index contributed by atoms with van der Waals surface area (Å²) in [5.74, 6) is 0.422. The predicted molar refractivity (Wildman–Crippen MR) is 100 cm³/mol. The van der Waals surface area contributed by atoms with Gasteiger partial charge in [-0.25, -0.2) is 4.98 Å². The van der Waals surface area contributed by atoms with Crippen LogP contribution < -0.4 is 10.2 Å². The van der Waals surface area contributed by atoms with Crippen molar-refractivity contribution >= 4 is 28.2 Å². The molecule has 1 aliphatic heterocycles. The third-order valence-electron chi connectivity index (χ3n) is 4.73. The van der Waals surface area contributed by atoms with E-state index in [1.165, 1.54) is 0 Å². The number of fused-ring (bicyclic) bond motifs is 1. The lowest BCUT2D eigenvalue weighted by Crippen LogP contribution is -2.30. The first-order valence-electron chi connectivity index (χ1n) is 8.96. The van der Waals surface area contributed by atoms with Crippen LogP contribution in [0.1, 0.15) is 24.8 Å². The molecular formula is C20H19F3N4. The number of hydrogen-bond acceptors (Lipinski definition) is 4. The first-order valence-corrected chi connectivity index (χ1v) is 8.96. The summed E-state index contributed by atoms with van der Waals surface area (Å²) in [6.07, 6.45) is 0.372. The Morgan fingerprint density at radius 3 is 2.41 bits per heavy atom. The number of nitrogens with zero attached hydrogens (tertiary/aromatic N) is 3. The van der Waals surface area contributed by atoms with Crippen molar-refractivity contribution in [2.45, 2.75) is 25.4 Å². The minimum absolute atomic E-state index is 0.399. The van der Waals surface area contributed by atoms with E-state index in [9.17, 15) is 13.2 Å². The molecule has 0 spiro atoms. The van der Waals surface area contributed by atoms with Gasteiger partial charge in [-0.15, -0.1) is 0 Å². The molecule has 0 aliphatic carbocycles. The van der Waals surface area contributed by atoms with E-state index in [4.69, 9.17) is 0 Å². The number of hydrogen-bond donors (Lipinski definition) is 1. The SMILES string of the molecule is FC(F)(F)c1ccc(N2CCCCC2)c(Nc2cnc3ccccc3n2)c1. The fourth-order valence-electron chi connectivity index (χ4n) is 3.38. The molecule has 1 N–H and O–H groups in total. The van der Waals surface area contributed by atoms with Gasteiger partial charge in [0.2, 0.25) is 0 Å².